The molecule has 0 amide bonds. The van der Waals surface area contributed by atoms with Gasteiger partial charge in [-0.25, -0.2) is 0 Å². The average Bonchev–Trinajstić information content (AvgIpc) is 2.21. The summed E-state index contributed by atoms with van der Waals surface area (Å²) >= 11 is 0. The molecule has 0 aliphatic heterocycles. The van der Waals surface area contributed by atoms with Crippen LogP contribution < -0.4 is 0 Å². The Morgan fingerprint density at radius 1 is 0.950 bits per heavy atom. The summed E-state index contributed by atoms with van der Waals surface area (Å²) in [6.07, 6.45) is 1.14. The summed E-state index contributed by atoms with van der Waals surface area (Å²) in [6.45, 7) is 22.3. The van der Waals surface area contributed by atoms with E-state index in [1.807, 2.05) is 0 Å². The van der Waals surface area contributed by atoms with E-state index in [0.717, 1.165) is 6.42 Å². The molecule has 2 atom stereocenters. The fourth-order valence-electron chi connectivity index (χ4n) is 2.31. The lowest BCUT2D eigenvalue weighted by atomic mass is 10.5. The number of rotatable bonds is 9. The van der Waals surface area contributed by atoms with Gasteiger partial charge in [0.2, 0.25) is 8.32 Å². The highest BCUT2D eigenvalue weighted by Gasteiger charge is 2.40. The van der Waals surface area contributed by atoms with Gasteiger partial charge in [-0.2, -0.15) is 0 Å². The molecule has 0 aromatic heterocycles. The normalized spacial score (nSPS) is 17.7. The second-order valence-corrected chi connectivity index (χ2v) is 21.6. The molecular formula is C13H36O3Si4. The maximum atomic E-state index is 6.43. The summed E-state index contributed by atoms with van der Waals surface area (Å²) in [5.41, 5.74) is 0.695. The summed E-state index contributed by atoms with van der Waals surface area (Å²) in [5.74, 6) is 0. The summed E-state index contributed by atoms with van der Waals surface area (Å²) in [7, 11) is -5.53. The first-order chi connectivity index (χ1) is 8.83. The van der Waals surface area contributed by atoms with Gasteiger partial charge in [-0.05, 0) is 59.2 Å². The van der Waals surface area contributed by atoms with Crippen LogP contribution in [0.1, 0.15) is 20.3 Å². The Morgan fingerprint density at radius 3 is 1.80 bits per heavy atom. The molecule has 0 aromatic carbocycles. The van der Waals surface area contributed by atoms with Gasteiger partial charge in [-0.1, -0.05) is 13.5 Å². The fourth-order valence-corrected chi connectivity index (χ4v) is 15.0. The molecule has 0 N–H and O–H groups in total. The van der Waals surface area contributed by atoms with Crippen LogP contribution in [0.15, 0.2) is 0 Å². The van der Waals surface area contributed by atoms with Gasteiger partial charge in [0.25, 0.3) is 0 Å². The van der Waals surface area contributed by atoms with Crippen LogP contribution in [0.3, 0.4) is 0 Å². The van der Waals surface area contributed by atoms with Crippen LogP contribution in [-0.2, 0) is 13.0 Å². The van der Waals surface area contributed by atoms with E-state index in [-0.39, 0.29) is 15.2 Å². The van der Waals surface area contributed by atoms with E-state index >= 15 is 0 Å². The molecule has 122 valence electrons. The van der Waals surface area contributed by atoms with Gasteiger partial charge in [0.1, 0.15) is 0 Å². The van der Waals surface area contributed by atoms with E-state index in [4.69, 9.17) is 13.0 Å². The molecule has 0 radical (unpaired) electrons. The number of hydrogen-bond acceptors (Lipinski definition) is 3. The average molecular weight is 353 g/mol. The van der Waals surface area contributed by atoms with Crippen molar-refractivity contribution in [2.75, 3.05) is 0 Å². The summed E-state index contributed by atoms with van der Waals surface area (Å²) in [6, 6.07) is 0. The Balaban J connectivity index is 4.68. The lowest BCUT2D eigenvalue weighted by Crippen LogP contribution is -2.55. The zero-order valence-corrected chi connectivity index (χ0v) is 19.7. The minimum absolute atomic E-state index is 0.109. The second kappa shape index (κ2) is 7.84. The Morgan fingerprint density at radius 2 is 1.45 bits per heavy atom. The molecule has 7 heteroatoms. The molecule has 0 aliphatic rings. The van der Waals surface area contributed by atoms with E-state index in [2.05, 4.69) is 66.2 Å². The smallest absolute Gasteiger partial charge is 0.321 e. The first-order valence-corrected chi connectivity index (χ1v) is 19.3. The van der Waals surface area contributed by atoms with Crippen molar-refractivity contribution in [2.24, 2.45) is 0 Å². The first-order valence-electron chi connectivity index (χ1n) is 7.88. The molecule has 3 nitrogen and oxygen atoms in total. The maximum absolute atomic E-state index is 6.43. The van der Waals surface area contributed by atoms with Gasteiger partial charge in [-0.15, -0.1) is 0 Å². The zero-order chi connectivity index (χ0) is 16.2. The molecule has 0 heterocycles. The van der Waals surface area contributed by atoms with Gasteiger partial charge in [0.05, 0.1) is 15.2 Å². The molecule has 0 bridgehead atoms. The van der Waals surface area contributed by atoms with Gasteiger partial charge in [-0.3, -0.25) is 0 Å². The molecule has 0 aliphatic carbocycles. The summed E-state index contributed by atoms with van der Waals surface area (Å²) in [5, 5.41) is 0. The third-order valence-corrected chi connectivity index (χ3v) is 14.0. The van der Waals surface area contributed by atoms with Gasteiger partial charge in [0, 0.05) is 5.73 Å². The van der Waals surface area contributed by atoms with Gasteiger partial charge >= 0.3 is 8.56 Å². The van der Waals surface area contributed by atoms with E-state index in [1.54, 1.807) is 0 Å². The third kappa shape index (κ3) is 8.25. The van der Waals surface area contributed by atoms with Crippen molar-refractivity contribution in [1.82, 2.24) is 0 Å². The standard InChI is InChI=1S/C13H36O3Si4/c1-11-13(17-3)15-19(7,8)12(2)14-20(9,10)16-18(4,5)6/h12-13H,11,17H2,1-10H3. The van der Waals surface area contributed by atoms with E-state index in [1.165, 1.54) is 0 Å². The Labute approximate surface area is 132 Å². The molecule has 20 heavy (non-hydrogen) atoms. The Hall–Kier alpha value is 0.748. The highest BCUT2D eigenvalue weighted by Crippen LogP contribution is 2.23. The lowest BCUT2D eigenvalue weighted by molar-refractivity contribution is 0.175. The van der Waals surface area contributed by atoms with Crippen molar-refractivity contribution in [1.29, 1.82) is 0 Å². The predicted octanol–water partition coefficient (Wildman–Crippen LogP) is 3.66. The molecular weight excluding hydrogens is 316 g/mol. The second-order valence-electron chi connectivity index (χ2n) is 7.53. The molecule has 0 saturated heterocycles. The van der Waals surface area contributed by atoms with Crippen molar-refractivity contribution < 1.29 is 13.0 Å². The van der Waals surface area contributed by atoms with Crippen LogP contribution in [0.5, 0.6) is 0 Å². The van der Waals surface area contributed by atoms with Crippen molar-refractivity contribution in [2.45, 2.75) is 84.1 Å². The van der Waals surface area contributed by atoms with E-state index in [9.17, 15) is 0 Å². The number of hydrogen-bond donors (Lipinski definition) is 0. The summed E-state index contributed by atoms with van der Waals surface area (Å²) in [4.78, 5) is 0. The Bertz CT molecular complexity index is 286. The topological polar surface area (TPSA) is 27.7 Å². The third-order valence-electron chi connectivity index (χ3n) is 3.37. The molecule has 0 rings (SSSR count). The SMILES string of the molecule is CCC(O[Si](C)(C)C(C)O[Si](C)(C)O[Si](C)(C)C)[SiH2]C. The zero-order valence-electron chi connectivity index (χ0n) is 15.3. The van der Waals surface area contributed by atoms with Crippen molar-refractivity contribution in [3.05, 3.63) is 0 Å². The molecule has 0 saturated carbocycles. The van der Waals surface area contributed by atoms with Gasteiger partial charge in [0.15, 0.2) is 8.32 Å². The minimum atomic E-state index is -2.06. The molecule has 0 fully saturated rings. The van der Waals surface area contributed by atoms with Crippen molar-refractivity contribution >= 4 is 34.7 Å². The largest absolute Gasteiger partial charge is 0.436 e. The first kappa shape index (κ1) is 20.7. The van der Waals surface area contributed by atoms with Crippen LogP contribution in [0.4, 0.5) is 0 Å². The van der Waals surface area contributed by atoms with Crippen LogP contribution >= 0.6 is 0 Å². The fraction of sp³-hybridized carbons (Fsp3) is 1.00. The maximum Gasteiger partial charge on any atom is 0.321 e. The van der Waals surface area contributed by atoms with Gasteiger partial charge < -0.3 is 13.0 Å². The highest BCUT2D eigenvalue weighted by molar-refractivity contribution is 6.82. The van der Waals surface area contributed by atoms with Crippen LogP contribution in [0.25, 0.3) is 0 Å². The Kier molecular flexibility index (Phi) is 8.14. The van der Waals surface area contributed by atoms with Crippen LogP contribution in [0.2, 0.25) is 52.4 Å². The van der Waals surface area contributed by atoms with E-state index in [0.29, 0.717) is 5.73 Å². The molecule has 2 unspecified atom stereocenters. The van der Waals surface area contributed by atoms with Crippen LogP contribution in [-0.4, -0.2) is 46.2 Å². The quantitative estimate of drug-likeness (QED) is 0.593. The predicted molar refractivity (Wildman–Crippen MR) is 99.5 cm³/mol. The monoisotopic (exact) mass is 352 g/mol. The molecule has 0 aromatic rings. The highest BCUT2D eigenvalue weighted by atomic mass is 28.4. The van der Waals surface area contributed by atoms with E-state index < -0.39 is 25.2 Å². The van der Waals surface area contributed by atoms with Crippen molar-refractivity contribution in [3.8, 4) is 0 Å². The lowest BCUT2D eigenvalue weighted by Gasteiger charge is -2.39. The minimum Gasteiger partial charge on any atom is -0.436 e. The molecule has 0 spiro atoms. The summed E-state index contributed by atoms with van der Waals surface area (Å²) < 4.78 is 19.1. The van der Waals surface area contributed by atoms with Crippen molar-refractivity contribution in [3.63, 3.8) is 0 Å². The van der Waals surface area contributed by atoms with Crippen LogP contribution in [0, 0.1) is 0 Å².